The molecule has 3 rings (SSSR count). The van der Waals surface area contributed by atoms with Gasteiger partial charge in [0.05, 0.1) is 5.52 Å². The molecule has 0 atom stereocenters. The SMILES string of the molecule is Oc1ccc(Nc2n[nH]c3cccnc23)cc1F. The number of benzene rings is 1. The standard InChI is InChI=1S/C12H9FN4O/c13-8-6-7(3-4-10(8)18)15-12-11-9(16-17-12)2-1-5-14-11/h1-6,18H,(H2,15,16,17). The van der Waals surface area contributed by atoms with Crippen LogP contribution in [0, 0.1) is 5.82 Å². The summed E-state index contributed by atoms with van der Waals surface area (Å²) in [6.07, 6.45) is 1.65. The molecule has 0 aliphatic heterocycles. The fraction of sp³-hybridized carbons (Fsp3) is 0. The van der Waals surface area contributed by atoms with E-state index in [4.69, 9.17) is 5.11 Å². The van der Waals surface area contributed by atoms with Gasteiger partial charge in [-0.15, -0.1) is 0 Å². The van der Waals surface area contributed by atoms with Crippen LogP contribution in [0.2, 0.25) is 0 Å². The van der Waals surface area contributed by atoms with E-state index in [1.54, 1.807) is 18.3 Å². The van der Waals surface area contributed by atoms with Crippen molar-refractivity contribution in [3.63, 3.8) is 0 Å². The Hall–Kier alpha value is -2.63. The number of nitrogens with zero attached hydrogens (tertiary/aromatic N) is 2. The van der Waals surface area contributed by atoms with Gasteiger partial charge in [0.15, 0.2) is 17.4 Å². The van der Waals surface area contributed by atoms with Crippen molar-refractivity contribution >= 4 is 22.5 Å². The molecule has 5 nitrogen and oxygen atoms in total. The van der Waals surface area contributed by atoms with Gasteiger partial charge in [-0.05, 0) is 24.3 Å². The molecule has 0 bridgehead atoms. The summed E-state index contributed by atoms with van der Waals surface area (Å²) in [5.41, 5.74) is 1.95. The third-order valence-corrected chi connectivity index (χ3v) is 2.53. The highest BCUT2D eigenvalue weighted by atomic mass is 19.1. The molecular weight excluding hydrogens is 235 g/mol. The number of anilines is 2. The van der Waals surface area contributed by atoms with Crippen LogP contribution in [0.4, 0.5) is 15.9 Å². The highest BCUT2D eigenvalue weighted by Gasteiger charge is 2.07. The minimum absolute atomic E-state index is 0.384. The van der Waals surface area contributed by atoms with Crippen LogP contribution in [0.25, 0.3) is 11.0 Å². The van der Waals surface area contributed by atoms with E-state index in [9.17, 15) is 4.39 Å². The summed E-state index contributed by atoms with van der Waals surface area (Å²) in [7, 11) is 0. The number of H-pyrrole nitrogens is 1. The minimum atomic E-state index is -0.687. The predicted molar refractivity (Wildman–Crippen MR) is 65.2 cm³/mol. The maximum atomic E-state index is 13.2. The maximum Gasteiger partial charge on any atom is 0.178 e. The van der Waals surface area contributed by atoms with Crippen molar-refractivity contribution in [1.82, 2.24) is 15.2 Å². The smallest absolute Gasteiger partial charge is 0.178 e. The lowest BCUT2D eigenvalue weighted by Crippen LogP contribution is -1.92. The quantitative estimate of drug-likeness (QED) is 0.606. The molecular formula is C12H9FN4O. The summed E-state index contributed by atoms with van der Waals surface area (Å²) >= 11 is 0. The molecule has 2 heterocycles. The van der Waals surface area contributed by atoms with Crippen molar-refractivity contribution in [2.24, 2.45) is 0 Å². The Labute approximate surface area is 101 Å². The molecule has 1 aromatic carbocycles. The molecule has 0 saturated heterocycles. The van der Waals surface area contributed by atoms with Crippen molar-refractivity contribution in [3.05, 3.63) is 42.3 Å². The van der Waals surface area contributed by atoms with Gasteiger partial charge >= 0.3 is 0 Å². The molecule has 2 aromatic heterocycles. The van der Waals surface area contributed by atoms with Crippen molar-refractivity contribution in [2.75, 3.05) is 5.32 Å². The lowest BCUT2D eigenvalue weighted by molar-refractivity contribution is 0.432. The van der Waals surface area contributed by atoms with Crippen LogP contribution in [0.15, 0.2) is 36.5 Å². The highest BCUT2D eigenvalue weighted by Crippen LogP contribution is 2.24. The fourth-order valence-electron chi connectivity index (χ4n) is 1.66. The third-order valence-electron chi connectivity index (χ3n) is 2.53. The fourth-order valence-corrected chi connectivity index (χ4v) is 1.66. The third kappa shape index (κ3) is 1.73. The first-order valence-electron chi connectivity index (χ1n) is 5.28. The zero-order chi connectivity index (χ0) is 12.5. The first-order valence-corrected chi connectivity index (χ1v) is 5.28. The molecule has 0 spiro atoms. The zero-order valence-electron chi connectivity index (χ0n) is 9.18. The average molecular weight is 244 g/mol. The Bertz CT molecular complexity index is 710. The van der Waals surface area contributed by atoms with E-state index in [2.05, 4.69) is 20.5 Å². The molecule has 0 saturated carbocycles. The molecule has 18 heavy (non-hydrogen) atoms. The molecule has 0 fully saturated rings. The van der Waals surface area contributed by atoms with Crippen LogP contribution in [-0.2, 0) is 0 Å². The molecule has 0 radical (unpaired) electrons. The van der Waals surface area contributed by atoms with Gasteiger partial charge in [0.2, 0.25) is 0 Å². The Balaban J connectivity index is 1.98. The van der Waals surface area contributed by atoms with Crippen LogP contribution >= 0.6 is 0 Å². The molecule has 6 heteroatoms. The van der Waals surface area contributed by atoms with E-state index in [-0.39, 0.29) is 5.75 Å². The Kier molecular flexibility index (Phi) is 2.33. The molecule has 0 unspecified atom stereocenters. The van der Waals surface area contributed by atoms with E-state index in [1.807, 2.05) is 6.07 Å². The Morgan fingerprint density at radius 1 is 1.28 bits per heavy atom. The average Bonchev–Trinajstić information content (AvgIpc) is 2.78. The number of fused-ring (bicyclic) bond motifs is 1. The normalized spacial score (nSPS) is 10.7. The summed E-state index contributed by atoms with van der Waals surface area (Å²) in [5.74, 6) is -0.561. The number of aromatic hydroxyl groups is 1. The predicted octanol–water partition coefficient (Wildman–Crippen LogP) is 2.55. The second-order valence-corrected chi connectivity index (χ2v) is 3.76. The van der Waals surface area contributed by atoms with Gasteiger partial charge in [0, 0.05) is 18.0 Å². The monoisotopic (exact) mass is 244 g/mol. The number of halogens is 1. The van der Waals surface area contributed by atoms with Crippen LogP contribution in [-0.4, -0.2) is 20.3 Å². The lowest BCUT2D eigenvalue weighted by atomic mass is 10.3. The summed E-state index contributed by atoms with van der Waals surface area (Å²) < 4.78 is 13.2. The van der Waals surface area contributed by atoms with E-state index in [0.29, 0.717) is 17.0 Å². The Morgan fingerprint density at radius 2 is 2.17 bits per heavy atom. The van der Waals surface area contributed by atoms with Crippen molar-refractivity contribution in [1.29, 1.82) is 0 Å². The first kappa shape index (κ1) is 10.5. The highest BCUT2D eigenvalue weighted by molar-refractivity contribution is 5.87. The van der Waals surface area contributed by atoms with E-state index in [0.717, 1.165) is 5.52 Å². The van der Waals surface area contributed by atoms with Crippen molar-refractivity contribution < 1.29 is 9.50 Å². The molecule has 3 aromatic rings. The van der Waals surface area contributed by atoms with Crippen molar-refractivity contribution in [2.45, 2.75) is 0 Å². The summed E-state index contributed by atoms with van der Waals surface area (Å²) in [6, 6.07) is 7.67. The topological polar surface area (TPSA) is 73.8 Å². The van der Waals surface area contributed by atoms with Crippen molar-refractivity contribution in [3.8, 4) is 5.75 Å². The number of hydrogen-bond donors (Lipinski definition) is 3. The lowest BCUT2D eigenvalue weighted by Gasteiger charge is -2.03. The van der Waals surface area contributed by atoms with Gasteiger partial charge < -0.3 is 10.4 Å². The van der Waals surface area contributed by atoms with Gasteiger partial charge in [0.1, 0.15) is 5.52 Å². The number of phenols is 1. The van der Waals surface area contributed by atoms with Gasteiger partial charge in [-0.2, -0.15) is 5.10 Å². The number of nitrogens with one attached hydrogen (secondary N) is 2. The van der Waals surface area contributed by atoms with Crippen LogP contribution < -0.4 is 5.32 Å². The maximum absolute atomic E-state index is 13.2. The van der Waals surface area contributed by atoms with Gasteiger partial charge in [0.25, 0.3) is 0 Å². The first-order chi connectivity index (χ1) is 8.74. The molecule has 0 amide bonds. The second kappa shape index (κ2) is 3.99. The van der Waals surface area contributed by atoms with Crippen LogP contribution in [0.5, 0.6) is 5.75 Å². The van der Waals surface area contributed by atoms with Gasteiger partial charge in [-0.1, -0.05) is 0 Å². The minimum Gasteiger partial charge on any atom is -0.505 e. The van der Waals surface area contributed by atoms with E-state index >= 15 is 0 Å². The Morgan fingerprint density at radius 3 is 3.00 bits per heavy atom. The number of rotatable bonds is 2. The number of phenolic OH excluding ortho intramolecular Hbond substituents is 1. The number of pyridine rings is 1. The zero-order valence-corrected chi connectivity index (χ0v) is 9.18. The largest absolute Gasteiger partial charge is 0.505 e. The molecule has 3 N–H and O–H groups in total. The van der Waals surface area contributed by atoms with Gasteiger partial charge in [-0.25, -0.2) is 4.39 Å². The van der Waals surface area contributed by atoms with Gasteiger partial charge in [-0.3, -0.25) is 10.1 Å². The second-order valence-electron chi connectivity index (χ2n) is 3.76. The molecule has 0 aliphatic carbocycles. The van der Waals surface area contributed by atoms with Crippen LogP contribution in [0.1, 0.15) is 0 Å². The number of aromatic amines is 1. The van der Waals surface area contributed by atoms with E-state index < -0.39 is 5.82 Å². The van der Waals surface area contributed by atoms with Crippen LogP contribution in [0.3, 0.4) is 0 Å². The summed E-state index contributed by atoms with van der Waals surface area (Å²) in [5, 5.41) is 18.9. The molecule has 0 aliphatic rings. The number of aromatic nitrogens is 3. The summed E-state index contributed by atoms with van der Waals surface area (Å²) in [6.45, 7) is 0. The summed E-state index contributed by atoms with van der Waals surface area (Å²) in [4.78, 5) is 4.18. The number of hydrogen-bond acceptors (Lipinski definition) is 4. The molecule has 90 valence electrons. The van der Waals surface area contributed by atoms with E-state index in [1.165, 1.54) is 12.1 Å².